The maximum absolute atomic E-state index is 15.4. The third-order valence-electron chi connectivity index (χ3n) is 4.81. The zero-order chi connectivity index (χ0) is 22.5. The van der Waals surface area contributed by atoms with Crippen LogP contribution in [0.3, 0.4) is 0 Å². The molecule has 0 saturated heterocycles. The lowest BCUT2D eigenvalue weighted by atomic mass is 10.0. The van der Waals surface area contributed by atoms with Gasteiger partial charge in [0.05, 0.1) is 21.2 Å². The number of fused-ring (bicyclic) bond motifs is 1. The maximum Gasteiger partial charge on any atom is 0.185 e. The molecule has 6 nitrogen and oxygen atoms in total. The number of benzene rings is 2. The molecule has 4 rings (SSSR count). The van der Waals surface area contributed by atoms with Gasteiger partial charge in [0.2, 0.25) is 0 Å². The number of aryl methyl sites for hydroxylation is 1. The molecule has 0 atom stereocenters. The molecule has 0 unspecified atom stereocenters. The van der Waals surface area contributed by atoms with E-state index < -0.39 is 32.1 Å². The van der Waals surface area contributed by atoms with E-state index in [2.05, 4.69) is 9.97 Å². The van der Waals surface area contributed by atoms with Gasteiger partial charge in [-0.3, -0.25) is 0 Å². The van der Waals surface area contributed by atoms with E-state index in [4.69, 9.17) is 28.9 Å². The Morgan fingerprint density at radius 3 is 2.55 bits per heavy atom. The van der Waals surface area contributed by atoms with Crippen molar-refractivity contribution in [3.8, 4) is 11.1 Å². The lowest BCUT2D eigenvalue weighted by Gasteiger charge is -2.11. The Balaban J connectivity index is 1.82. The molecular formula is C20H14Cl2F2N4O2S. The van der Waals surface area contributed by atoms with E-state index in [9.17, 15) is 12.8 Å². The third kappa shape index (κ3) is 3.73. The summed E-state index contributed by atoms with van der Waals surface area (Å²) in [4.78, 5) is 7.45. The lowest BCUT2D eigenvalue weighted by Crippen LogP contribution is -2.09. The van der Waals surface area contributed by atoms with Crippen LogP contribution in [0.15, 0.2) is 47.8 Å². The second-order valence-corrected chi connectivity index (χ2v) is 9.62. The number of nitrogens with zero attached hydrogens (tertiary/aromatic N) is 3. The van der Waals surface area contributed by atoms with Crippen molar-refractivity contribution in [2.24, 2.45) is 7.05 Å². The molecule has 0 fully saturated rings. The van der Waals surface area contributed by atoms with E-state index in [1.54, 1.807) is 17.8 Å². The van der Waals surface area contributed by atoms with Crippen LogP contribution in [0.1, 0.15) is 5.56 Å². The van der Waals surface area contributed by atoms with Crippen molar-refractivity contribution in [2.75, 3.05) is 5.73 Å². The van der Waals surface area contributed by atoms with Gasteiger partial charge in [-0.15, -0.1) is 0 Å². The summed E-state index contributed by atoms with van der Waals surface area (Å²) >= 11 is 11.6. The van der Waals surface area contributed by atoms with Gasteiger partial charge < -0.3 is 10.3 Å². The normalized spacial score (nSPS) is 11.9. The van der Waals surface area contributed by atoms with Crippen LogP contribution in [0.5, 0.6) is 0 Å². The number of anilines is 1. The van der Waals surface area contributed by atoms with Gasteiger partial charge in [0.15, 0.2) is 9.84 Å². The van der Waals surface area contributed by atoms with Gasteiger partial charge in [0.25, 0.3) is 0 Å². The number of halogens is 4. The van der Waals surface area contributed by atoms with E-state index in [-0.39, 0.29) is 27.0 Å². The van der Waals surface area contributed by atoms with Crippen molar-refractivity contribution < 1.29 is 17.2 Å². The minimum atomic E-state index is -4.26. The largest absolute Gasteiger partial charge is 0.383 e. The van der Waals surface area contributed by atoms with Crippen molar-refractivity contribution in [3.05, 3.63) is 70.1 Å². The second kappa shape index (κ2) is 7.74. The second-order valence-electron chi connectivity index (χ2n) is 6.85. The first-order chi connectivity index (χ1) is 14.6. The van der Waals surface area contributed by atoms with E-state index in [1.165, 1.54) is 24.5 Å². The Morgan fingerprint density at radius 2 is 1.81 bits per heavy atom. The van der Waals surface area contributed by atoms with Crippen LogP contribution in [0, 0.1) is 11.6 Å². The molecule has 0 bridgehead atoms. The van der Waals surface area contributed by atoms with Crippen LogP contribution >= 0.6 is 23.2 Å². The van der Waals surface area contributed by atoms with Crippen molar-refractivity contribution in [1.82, 2.24) is 14.5 Å². The fourth-order valence-electron chi connectivity index (χ4n) is 3.36. The molecule has 11 heteroatoms. The first-order valence-corrected chi connectivity index (χ1v) is 11.2. The smallest absolute Gasteiger partial charge is 0.185 e. The number of aromatic nitrogens is 3. The predicted octanol–water partition coefficient (Wildman–Crippen LogP) is 4.78. The topological polar surface area (TPSA) is 90.9 Å². The highest BCUT2D eigenvalue weighted by atomic mass is 35.5. The Bertz CT molecular complexity index is 1460. The highest BCUT2D eigenvalue weighted by molar-refractivity contribution is 7.90. The van der Waals surface area contributed by atoms with Crippen LogP contribution in [-0.2, 0) is 22.6 Å². The summed E-state index contributed by atoms with van der Waals surface area (Å²) in [5, 5.41) is 0.198. The molecule has 2 aromatic heterocycles. The first kappa shape index (κ1) is 21.5. The predicted molar refractivity (Wildman–Crippen MR) is 116 cm³/mol. The highest BCUT2D eigenvalue weighted by Gasteiger charge is 2.25. The summed E-state index contributed by atoms with van der Waals surface area (Å²) < 4.78 is 56.9. The summed E-state index contributed by atoms with van der Waals surface area (Å²) in [5.41, 5.74) is 6.85. The first-order valence-electron chi connectivity index (χ1n) is 8.80. The average Bonchev–Trinajstić information content (AvgIpc) is 3.04. The van der Waals surface area contributed by atoms with Crippen molar-refractivity contribution >= 4 is 49.9 Å². The molecular weight excluding hydrogens is 469 g/mol. The van der Waals surface area contributed by atoms with Crippen LogP contribution < -0.4 is 5.73 Å². The molecule has 0 saturated carbocycles. The van der Waals surface area contributed by atoms with E-state index in [1.807, 2.05) is 0 Å². The molecule has 0 amide bonds. The van der Waals surface area contributed by atoms with Crippen LogP contribution in [0.25, 0.3) is 22.2 Å². The zero-order valence-corrected chi connectivity index (χ0v) is 18.2. The quantitative estimate of drug-likeness (QED) is 0.422. The fourth-order valence-corrected chi connectivity index (χ4v) is 5.18. The van der Waals surface area contributed by atoms with Gasteiger partial charge in [-0.2, -0.15) is 0 Å². The van der Waals surface area contributed by atoms with Crippen LogP contribution in [0.4, 0.5) is 14.6 Å². The van der Waals surface area contributed by atoms with Crippen molar-refractivity contribution in [1.29, 1.82) is 0 Å². The number of hydrogen-bond donors (Lipinski definition) is 1. The summed E-state index contributed by atoms with van der Waals surface area (Å²) in [6.07, 6.45) is 2.93. The molecule has 0 spiro atoms. The van der Waals surface area contributed by atoms with Crippen LogP contribution in [-0.4, -0.2) is 23.0 Å². The van der Waals surface area contributed by atoms with Crippen LogP contribution in [0.2, 0.25) is 10.0 Å². The van der Waals surface area contributed by atoms with Gasteiger partial charge in [-0.1, -0.05) is 41.4 Å². The van der Waals surface area contributed by atoms with Crippen molar-refractivity contribution in [2.45, 2.75) is 10.6 Å². The molecule has 0 aliphatic heterocycles. The SMILES string of the molecule is Cn1cc(-c2cccc(CS(=O)(=O)c3cc(Cl)c(Cl)cc3F)c2F)c2c(N)ncnc21. The summed E-state index contributed by atoms with van der Waals surface area (Å²) in [6, 6.07) is 6.04. The summed E-state index contributed by atoms with van der Waals surface area (Å²) in [5.74, 6) is -2.46. The van der Waals surface area contributed by atoms with E-state index in [0.717, 1.165) is 12.1 Å². The van der Waals surface area contributed by atoms with E-state index in [0.29, 0.717) is 16.6 Å². The number of nitrogens with two attached hydrogens (primary N) is 1. The Morgan fingerprint density at radius 1 is 1.10 bits per heavy atom. The molecule has 2 heterocycles. The van der Waals surface area contributed by atoms with Gasteiger partial charge in [0.1, 0.15) is 34.3 Å². The summed E-state index contributed by atoms with van der Waals surface area (Å²) in [7, 11) is -2.54. The van der Waals surface area contributed by atoms with Gasteiger partial charge in [-0.05, 0) is 12.1 Å². The molecule has 31 heavy (non-hydrogen) atoms. The Kier molecular flexibility index (Phi) is 5.36. The number of nitrogen functional groups attached to an aromatic ring is 1. The van der Waals surface area contributed by atoms with Gasteiger partial charge in [-0.25, -0.2) is 27.2 Å². The number of hydrogen-bond acceptors (Lipinski definition) is 5. The molecule has 2 N–H and O–H groups in total. The fraction of sp³-hybridized carbons (Fsp3) is 0.100. The molecule has 0 radical (unpaired) electrons. The maximum atomic E-state index is 15.4. The molecule has 0 aliphatic carbocycles. The highest BCUT2D eigenvalue weighted by Crippen LogP contribution is 2.35. The zero-order valence-electron chi connectivity index (χ0n) is 15.9. The monoisotopic (exact) mass is 482 g/mol. The minimum Gasteiger partial charge on any atom is -0.383 e. The molecule has 4 aromatic rings. The summed E-state index contributed by atoms with van der Waals surface area (Å²) in [6.45, 7) is 0. The number of sulfone groups is 1. The third-order valence-corrected chi connectivity index (χ3v) is 7.20. The van der Waals surface area contributed by atoms with Gasteiger partial charge >= 0.3 is 0 Å². The minimum absolute atomic E-state index is 0.120. The Labute approximate surface area is 186 Å². The van der Waals surface area contributed by atoms with E-state index >= 15 is 4.39 Å². The lowest BCUT2D eigenvalue weighted by molar-refractivity contribution is 0.563. The van der Waals surface area contributed by atoms with Crippen molar-refractivity contribution in [3.63, 3.8) is 0 Å². The average molecular weight is 483 g/mol. The standard InChI is InChI=1S/C20H14Cl2F2N4O2S/c1-28-7-12(17-19(25)26-9-27-20(17)28)11-4-2-3-10(18(11)24)8-31(29,30)16-6-14(22)13(21)5-15(16)23/h2-7,9H,8H2,1H3,(H2,25,26,27). The molecule has 160 valence electrons. The molecule has 2 aromatic carbocycles. The number of rotatable bonds is 4. The molecule has 0 aliphatic rings. The Hall–Kier alpha value is -2.75. The van der Waals surface area contributed by atoms with Gasteiger partial charge in [0, 0.05) is 29.9 Å².